The van der Waals surface area contributed by atoms with Gasteiger partial charge in [0.1, 0.15) is 6.10 Å². The van der Waals surface area contributed by atoms with E-state index in [0.29, 0.717) is 33.3 Å². The van der Waals surface area contributed by atoms with Gasteiger partial charge < -0.3 is 20.3 Å². The van der Waals surface area contributed by atoms with Crippen LogP contribution in [0.3, 0.4) is 0 Å². The van der Waals surface area contributed by atoms with Crippen molar-refractivity contribution in [1.82, 2.24) is 4.98 Å². The molecule has 1 aromatic carbocycles. The molecule has 1 unspecified atom stereocenters. The molecule has 5 nitrogen and oxygen atoms in total. The highest BCUT2D eigenvalue weighted by Gasteiger charge is 2.22. The molecular weight excluding hydrogens is 268 g/mol. The number of fused-ring (bicyclic) bond motifs is 1. The van der Waals surface area contributed by atoms with E-state index in [2.05, 4.69) is 4.98 Å². The van der Waals surface area contributed by atoms with Crippen molar-refractivity contribution < 1.29 is 14.6 Å². The van der Waals surface area contributed by atoms with Crippen LogP contribution in [-0.2, 0) is 0 Å². The van der Waals surface area contributed by atoms with Gasteiger partial charge in [0.25, 0.3) is 0 Å². The third-order valence-corrected chi connectivity index (χ3v) is 3.23. The molecule has 0 fully saturated rings. The first-order chi connectivity index (χ1) is 9.16. The van der Waals surface area contributed by atoms with Gasteiger partial charge in [-0.3, -0.25) is 4.98 Å². The van der Waals surface area contributed by atoms with Crippen LogP contribution in [0.25, 0.3) is 0 Å². The number of ether oxygens (including phenoxy) is 2. The molecule has 1 aliphatic heterocycles. The van der Waals surface area contributed by atoms with E-state index in [1.165, 1.54) is 6.20 Å². The molecule has 0 bridgehead atoms. The van der Waals surface area contributed by atoms with Crippen molar-refractivity contribution in [1.29, 1.82) is 0 Å². The largest absolute Gasteiger partial charge is 0.454 e. The summed E-state index contributed by atoms with van der Waals surface area (Å²) in [6, 6.07) is 4.95. The van der Waals surface area contributed by atoms with E-state index in [4.69, 9.17) is 26.8 Å². The molecule has 3 N–H and O–H groups in total. The summed E-state index contributed by atoms with van der Waals surface area (Å²) in [4.78, 5) is 3.96. The summed E-state index contributed by atoms with van der Waals surface area (Å²) >= 11 is 6.08. The van der Waals surface area contributed by atoms with Gasteiger partial charge in [-0.2, -0.15) is 0 Å². The van der Waals surface area contributed by atoms with Gasteiger partial charge in [-0.25, -0.2) is 0 Å². The van der Waals surface area contributed by atoms with Crippen molar-refractivity contribution in [2.75, 3.05) is 12.5 Å². The quantitative estimate of drug-likeness (QED) is 0.880. The van der Waals surface area contributed by atoms with Crippen molar-refractivity contribution >= 4 is 17.3 Å². The van der Waals surface area contributed by atoms with Gasteiger partial charge in [-0.05, 0) is 23.8 Å². The third kappa shape index (κ3) is 2.07. The molecule has 1 atom stereocenters. The Bertz CT molecular complexity index is 633. The number of nitrogens with zero attached hydrogens (tertiary/aromatic N) is 1. The van der Waals surface area contributed by atoms with Crippen LogP contribution in [0.2, 0.25) is 5.02 Å². The normalized spacial score (nSPS) is 14.4. The number of hydrogen-bond donors (Lipinski definition) is 2. The number of pyridine rings is 1. The molecule has 2 heterocycles. The van der Waals surface area contributed by atoms with Crippen LogP contribution in [0, 0.1) is 0 Å². The van der Waals surface area contributed by atoms with Gasteiger partial charge in [0.15, 0.2) is 11.5 Å². The number of hydrogen-bond acceptors (Lipinski definition) is 5. The number of aliphatic hydroxyl groups excluding tert-OH is 1. The first kappa shape index (κ1) is 12.1. The summed E-state index contributed by atoms with van der Waals surface area (Å²) in [6.45, 7) is 0.129. The smallest absolute Gasteiger partial charge is 0.231 e. The minimum Gasteiger partial charge on any atom is -0.454 e. The van der Waals surface area contributed by atoms with Gasteiger partial charge in [0.2, 0.25) is 6.79 Å². The lowest BCUT2D eigenvalue weighted by atomic mass is 10.0. The lowest BCUT2D eigenvalue weighted by molar-refractivity contribution is 0.173. The Balaban J connectivity index is 2.03. The third-order valence-electron chi connectivity index (χ3n) is 2.95. The van der Waals surface area contributed by atoms with Crippen molar-refractivity contribution in [3.05, 3.63) is 46.7 Å². The highest BCUT2D eigenvalue weighted by Crippen LogP contribution is 2.42. The average Bonchev–Trinajstić information content (AvgIpc) is 2.87. The molecule has 0 saturated carbocycles. The van der Waals surface area contributed by atoms with Crippen LogP contribution < -0.4 is 15.2 Å². The number of nitrogens with two attached hydrogens (primary N) is 1. The van der Waals surface area contributed by atoms with E-state index in [0.717, 1.165) is 0 Å². The summed E-state index contributed by atoms with van der Waals surface area (Å²) in [5, 5.41) is 10.7. The number of benzene rings is 1. The van der Waals surface area contributed by atoms with Crippen molar-refractivity contribution in [3.63, 3.8) is 0 Å². The Morgan fingerprint density at radius 1 is 1.37 bits per heavy atom. The first-order valence-corrected chi connectivity index (χ1v) is 6.01. The van der Waals surface area contributed by atoms with Gasteiger partial charge in [0.05, 0.1) is 5.02 Å². The molecule has 1 aliphatic rings. The molecule has 0 aliphatic carbocycles. The van der Waals surface area contributed by atoms with Gasteiger partial charge >= 0.3 is 0 Å². The predicted molar refractivity (Wildman–Crippen MR) is 70.3 cm³/mol. The monoisotopic (exact) mass is 278 g/mol. The standard InChI is InChI=1S/C13H11ClN2O3/c14-9-3-7(4-11-13(9)19-6-18-11)12(17)8-5-16-2-1-10(8)15/h1-5,12,17H,6H2,(H2,15,16). The lowest BCUT2D eigenvalue weighted by Crippen LogP contribution is -2.04. The number of nitrogen functional groups attached to an aromatic ring is 1. The maximum absolute atomic E-state index is 10.4. The van der Waals surface area contributed by atoms with Crippen molar-refractivity contribution in [2.45, 2.75) is 6.10 Å². The van der Waals surface area contributed by atoms with E-state index >= 15 is 0 Å². The van der Waals surface area contributed by atoms with E-state index in [9.17, 15) is 5.11 Å². The lowest BCUT2D eigenvalue weighted by Gasteiger charge is -2.14. The number of rotatable bonds is 2. The second-order valence-electron chi connectivity index (χ2n) is 4.14. The number of aliphatic hydroxyl groups is 1. The van der Waals surface area contributed by atoms with Gasteiger partial charge in [-0.15, -0.1) is 0 Å². The summed E-state index contributed by atoms with van der Waals surface area (Å²) in [5.41, 5.74) is 7.39. The minimum atomic E-state index is -0.916. The highest BCUT2D eigenvalue weighted by atomic mass is 35.5. The Labute approximate surface area is 114 Å². The molecule has 98 valence electrons. The highest BCUT2D eigenvalue weighted by molar-refractivity contribution is 6.32. The molecule has 0 radical (unpaired) electrons. The van der Waals surface area contributed by atoms with Crippen LogP contribution in [0.15, 0.2) is 30.6 Å². The fourth-order valence-electron chi connectivity index (χ4n) is 1.97. The minimum absolute atomic E-state index is 0.129. The zero-order valence-electron chi connectivity index (χ0n) is 9.84. The topological polar surface area (TPSA) is 77.6 Å². The van der Waals surface area contributed by atoms with Gasteiger partial charge in [0, 0.05) is 23.6 Å². The second kappa shape index (κ2) is 4.60. The molecular formula is C13H11ClN2O3. The fraction of sp³-hybridized carbons (Fsp3) is 0.154. The molecule has 2 aromatic rings. The maximum atomic E-state index is 10.4. The average molecular weight is 279 g/mol. The Hall–Kier alpha value is -1.98. The Morgan fingerprint density at radius 3 is 3.00 bits per heavy atom. The van der Waals surface area contributed by atoms with Crippen LogP contribution >= 0.6 is 11.6 Å². The van der Waals surface area contributed by atoms with E-state index in [1.54, 1.807) is 24.4 Å². The molecule has 19 heavy (non-hydrogen) atoms. The van der Waals surface area contributed by atoms with E-state index in [1.807, 2.05) is 0 Å². The SMILES string of the molecule is Nc1ccncc1C(O)c1cc(Cl)c2c(c1)OCO2. The second-order valence-corrected chi connectivity index (χ2v) is 4.55. The maximum Gasteiger partial charge on any atom is 0.231 e. The number of aromatic nitrogens is 1. The molecule has 0 amide bonds. The van der Waals surface area contributed by atoms with E-state index < -0.39 is 6.10 Å². The summed E-state index contributed by atoms with van der Waals surface area (Å²) in [5.74, 6) is 1.01. The predicted octanol–water partition coefficient (Wildman–Crippen LogP) is 2.13. The fourth-order valence-corrected chi connectivity index (χ4v) is 2.24. The molecule has 6 heteroatoms. The zero-order valence-corrected chi connectivity index (χ0v) is 10.6. The Morgan fingerprint density at radius 2 is 2.21 bits per heavy atom. The number of halogens is 1. The Kier molecular flexibility index (Phi) is 2.93. The molecule has 0 spiro atoms. The summed E-state index contributed by atoms with van der Waals surface area (Å²) in [6.07, 6.45) is 2.18. The number of anilines is 1. The van der Waals surface area contributed by atoms with Crippen molar-refractivity contribution in [3.8, 4) is 11.5 Å². The van der Waals surface area contributed by atoms with Crippen LogP contribution in [0.1, 0.15) is 17.2 Å². The van der Waals surface area contributed by atoms with E-state index in [-0.39, 0.29) is 6.79 Å². The van der Waals surface area contributed by atoms with Crippen LogP contribution in [0.4, 0.5) is 5.69 Å². The molecule has 3 rings (SSSR count). The zero-order chi connectivity index (χ0) is 13.4. The molecule has 1 aromatic heterocycles. The summed E-state index contributed by atoms with van der Waals surface area (Å²) in [7, 11) is 0. The molecule has 0 saturated heterocycles. The van der Waals surface area contributed by atoms with Gasteiger partial charge in [-0.1, -0.05) is 11.6 Å². The summed E-state index contributed by atoms with van der Waals surface area (Å²) < 4.78 is 10.5. The van der Waals surface area contributed by atoms with Crippen LogP contribution in [0.5, 0.6) is 11.5 Å². The van der Waals surface area contributed by atoms with Crippen molar-refractivity contribution in [2.24, 2.45) is 0 Å². The van der Waals surface area contributed by atoms with Crippen LogP contribution in [-0.4, -0.2) is 16.9 Å². The first-order valence-electron chi connectivity index (χ1n) is 5.63.